The van der Waals surface area contributed by atoms with E-state index in [4.69, 9.17) is 9.51 Å². The molecule has 306 valence electrons. The number of rotatable bonds is 11. The third-order valence-corrected chi connectivity index (χ3v) is 11.5. The second kappa shape index (κ2) is 16.6. The fraction of sp³-hybridized carbons (Fsp3) is 0.409. The Balaban J connectivity index is 0.788. The number of aryl methyl sites for hydroxylation is 1. The maximum Gasteiger partial charge on any atom is 0.315 e. The zero-order valence-electron chi connectivity index (χ0n) is 34.2. The maximum absolute atomic E-state index is 12.8. The van der Waals surface area contributed by atoms with Gasteiger partial charge in [0.05, 0.1) is 29.5 Å². The van der Waals surface area contributed by atoms with Crippen molar-refractivity contribution in [2.24, 2.45) is 5.92 Å². The van der Waals surface area contributed by atoms with Gasteiger partial charge in [0.2, 0.25) is 11.8 Å². The van der Waals surface area contributed by atoms with Crippen molar-refractivity contribution in [2.75, 3.05) is 60.9 Å². The molecule has 2 atom stereocenters. The van der Waals surface area contributed by atoms with Crippen LogP contribution in [-0.2, 0) is 15.0 Å². The molecule has 0 bridgehead atoms. The van der Waals surface area contributed by atoms with E-state index in [1.165, 1.54) is 12.0 Å². The number of hydrogen-bond acceptors (Lipinski definition) is 13. The van der Waals surface area contributed by atoms with Crippen LogP contribution in [0.5, 0.6) is 0 Å². The normalized spacial score (nSPS) is 18.3. The smallest absolute Gasteiger partial charge is 0.315 e. The van der Waals surface area contributed by atoms with E-state index in [-0.39, 0.29) is 35.1 Å². The molecule has 3 fully saturated rings. The van der Waals surface area contributed by atoms with Crippen molar-refractivity contribution in [3.8, 4) is 11.3 Å². The number of carbonyl (C=O) groups excluding carboxylic acids is 3. The average molecular weight is 798 g/mol. The first-order valence-electron chi connectivity index (χ1n) is 20.3. The molecule has 0 saturated carbocycles. The molecule has 1 unspecified atom stereocenters. The van der Waals surface area contributed by atoms with E-state index < -0.39 is 5.91 Å². The van der Waals surface area contributed by atoms with Gasteiger partial charge in [-0.25, -0.2) is 15.0 Å². The number of pyridine rings is 1. The largest absolute Gasteiger partial charge is 0.371 e. The van der Waals surface area contributed by atoms with Gasteiger partial charge in [-0.15, -0.1) is 0 Å². The number of piperidine rings is 1. The molecule has 5 aromatic rings. The first-order valence-corrected chi connectivity index (χ1v) is 20.3. The number of hydrogen-bond donors (Lipinski definition) is 3. The highest BCUT2D eigenvalue weighted by molar-refractivity contribution is 6.01. The molecule has 3 aliphatic heterocycles. The molecule has 3 N–H and O–H groups in total. The number of benzene rings is 2. The van der Waals surface area contributed by atoms with E-state index in [2.05, 4.69) is 75.0 Å². The van der Waals surface area contributed by atoms with Crippen molar-refractivity contribution in [3.05, 3.63) is 102 Å². The van der Waals surface area contributed by atoms with Gasteiger partial charge < -0.3 is 25.0 Å². The van der Waals surface area contributed by atoms with Gasteiger partial charge >= 0.3 is 11.8 Å². The topological polar surface area (TPSA) is 175 Å². The second-order valence-corrected chi connectivity index (χ2v) is 16.9. The molecular formula is C44H51N11O4. The molecule has 2 aromatic carbocycles. The van der Waals surface area contributed by atoms with Crippen LogP contribution in [0.15, 0.2) is 77.7 Å². The van der Waals surface area contributed by atoms with Crippen LogP contribution in [0.3, 0.4) is 0 Å². The number of piperazine rings is 1. The quantitative estimate of drug-likeness (QED) is 0.142. The van der Waals surface area contributed by atoms with Gasteiger partial charge in [-0.05, 0) is 67.3 Å². The fourth-order valence-electron chi connectivity index (χ4n) is 8.02. The monoisotopic (exact) mass is 797 g/mol. The number of nitrogens with zero attached hydrogens (tertiary/aromatic N) is 8. The van der Waals surface area contributed by atoms with Crippen LogP contribution in [-0.4, -0.2) is 93.5 Å². The highest BCUT2D eigenvalue weighted by Gasteiger charge is 2.32. The molecule has 59 heavy (non-hydrogen) atoms. The molecule has 3 aromatic heterocycles. The molecule has 6 heterocycles. The van der Waals surface area contributed by atoms with E-state index in [0.717, 1.165) is 79.4 Å². The van der Waals surface area contributed by atoms with Crippen LogP contribution in [0.2, 0.25) is 0 Å². The number of aromatic nitrogens is 5. The van der Waals surface area contributed by atoms with Crippen LogP contribution < -0.4 is 25.8 Å². The number of amides is 3. The minimum atomic E-state index is -0.413. The van der Waals surface area contributed by atoms with Crippen molar-refractivity contribution in [2.45, 2.75) is 64.8 Å². The molecule has 3 aliphatic rings. The Labute approximate surface area is 344 Å². The molecule has 0 spiro atoms. The van der Waals surface area contributed by atoms with Crippen LogP contribution in [0.4, 0.5) is 23.0 Å². The Morgan fingerprint density at radius 3 is 2.36 bits per heavy atom. The van der Waals surface area contributed by atoms with Crippen LogP contribution in [0.25, 0.3) is 11.3 Å². The lowest BCUT2D eigenvalue weighted by molar-refractivity contribution is -0.134. The molecule has 8 rings (SSSR count). The van der Waals surface area contributed by atoms with Gasteiger partial charge in [0.25, 0.3) is 0 Å². The summed E-state index contributed by atoms with van der Waals surface area (Å²) in [4.78, 5) is 61.9. The van der Waals surface area contributed by atoms with Gasteiger partial charge in [0.15, 0.2) is 5.82 Å². The summed E-state index contributed by atoms with van der Waals surface area (Å²) in [5.41, 5.74) is 6.59. The van der Waals surface area contributed by atoms with Gasteiger partial charge in [-0.1, -0.05) is 50.2 Å². The fourth-order valence-corrected chi connectivity index (χ4v) is 8.02. The molecule has 3 amide bonds. The van der Waals surface area contributed by atoms with Crippen molar-refractivity contribution in [3.63, 3.8) is 0 Å². The Hall–Kier alpha value is -6.22. The average Bonchev–Trinajstić information content (AvgIpc) is 3.72. The van der Waals surface area contributed by atoms with Gasteiger partial charge in [-0.3, -0.25) is 24.6 Å². The summed E-state index contributed by atoms with van der Waals surface area (Å²) in [6, 6.07) is 20.0. The number of carbonyl (C=O) groups is 3. The number of anilines is 4. The van der Waals surface area contributed by atoms with Crippen LogP contribution in [0, 0.1) is 12.8 Å². The summed E-state index contributed by atoms with van der Waals surface area (Å²) in [5.74, 6) is 1.36. The Kier molecular flexibility index (Phi) is 11.1. The summed E-state index contributed by atoms with van der Waals surface area (Å²) < 4.78 is 5.22. The van der Waals surface area contributed by atoms with Gasteiger partial charge in [0.1, 0.15) is 18.0 Å². The van der Waals surface area contributed by atoms with Crippen molar-refractivity contribution >= 4 is 40.7 Å². The molecule has 15 heteroatoms. The third kappa shape index (κ3) is 9.09. The first kappa shape index (κ1) is 39.6. The standard InChI is InChI=1S/C44H51N11O4/c1-27-20-31(8-12-34(27)28(2)48-41(58)42-51-43(52-59-42)44(3,4)5)36-21-38(47-26-46-36)49-37-14-11-33(22-45-37)54-18-16-53(17-19-54)23-29-24-55(25-29)32-9-6-30(7-10-32)35-13-15-39(56)50-40(35)57/h6-12,14,20-22,26,28-29,35H,13,15-19,23-25H2,1-5H3,(H,48,58)(H,50,56,57)(H,45,46,47,49)/t28-,35?/m1/s1. The summed E-state index contributed by atoms with van der Waals surface area (Å²) in [7, 11) is 0. The lowest BCUT2D eigenvalue weighted by Gasteiger charge is -2.45. The Bertz CT molecular complexity index is 2310. The predicted octanol–water partition coefficient (Wildman–Crippen LogP) is 5.54. The molecule has 0 radical (unpaired) electrons. The molecule has 15 nitrogen and oxygen atoms in total. The lowest BCUT2D eigenvalue weighted by atomic mass is 9.90. The summed E-state index contributed by atoms with van der Waals surface area (Å²) >= 11 is 0. The summed E-state index contributed by atoms with van der Waals surface area (Å²) in [6.07, 6.45) is 4.42. The molecule has 0 aliphatic carbocycles. The predicted molar refractivity (Wildman–Crippen MR) is 225 cm³/mol. The van der Waals surface area contributed by atoms with Crippen LogP contribution >= 0.6 is 0 Å². The minimum Gasteiger partial charge on any atom is -0.371 e. The Morgan fingerprint density at radius 1 is 0.915 bits per heavy atom. The van der Waals surface area contributed by atoms with E-state index >= 15 is 0 Å². The number of imide groups is 1. The molecule has 3 saturated heterocycles. The zero-order chi connectivity index (χ0) is 41.3. The third-order valence-electron chi connectivity index (χ3n) is 11.5. The highest BCUT2D eigenvalue weighted by Crippen LogP contribution is 2.31. The number of nitrogens with one attached hydrogen (secondary N) is 3. The van der Waals surface area contributed by atoms with E-state index in [9.17, 15) is 14.4 Å². The van der Waals surface area contributed by atoms with E-state index in [1.807, 2.05) is 77.2 Å². The van der Waals surface area contributed by atoms with Gasteiger partial charge in [0, 0.05) is 80.9 Å². The van der Waals surface area contributed by atoms with E-state index in [1.54, 1.807) is 0 Å². The summed E-state index contributed by atoms with van der Waals surface area (Å²) in [6.45, 7) is 16.9. The Morgan fingerprint density at radius 2 is 1.68 bits per heavy atom. The van der Waals surface area contributed by atoms with Crippen LogP contribution in [0.1, 0.15) is 85.7 Å². The molecular weight excluding hydrogens is 747 g/mol. The van der Waals surface area contributed by atoms with Crippen molar-refractivity contribution in [1.82, 2.24) is 40.6 Å². The zero-order valence-corrected chi connectivity index (χ0v) is 34.2. The maximum atomic E-state index is 12.8. The van der Waals surface area contributed by atoms with Crippen molar-refractivity contribution < 1.29 is 18.9 Å². The first-order chi connectivity index (χ1) is 28.4. The van der Waals surface area contributed by atoms with Gasteiger partial charge in [-0.2, -0.15) is 4.98 Å². The second-order valence-electron chi connectivity index (χ2n) is 16.9. The van der Waals surface area contributed by atoms with E-state index in [0.29, 0.717) is 36.2 Å². The SMILES string of the molecule is Cc1cc(-c2cc(Nc3ccc(N4CCN(CC5CN(c6ccc(C7CCC(=O)NC7=O)cc6)C5)CC4)cn3)ncn2)ccc1[C@@H](C)NC(=O)c1nc(C(C)(C)C)no1. The minimum absolute atomic E-state index is 0.0518. The lowest BCUT2D eigenvalue weighted by Crippen LogP contribution is -2.55. The highest BCUT2D eigenvalue weighted by atomic mass is 16.5. The summed E-state index contributed by atoms with van der Waals surface area (Å²) in [5, 5.41) is 12.7. The van der Waals surface area contributed by atoms with Crippen molar-refractivity contribution in [1.29, 1.82) is 0 Å².